The Kier molecular flexibility index (Phi) is 4.90. The molecule has 1 aromatic rings. The van der Waals surface area contributed by atoms with Gasteiger partial charge < -0.3 is 19.9 Å². The summed E-state index contributed by atoms with van der Waals surface area (Å²) in [5.41, 5.74) is -0.393. The number of benzene rings is 1. The van der Waals surface area contributed by atoms with Crippen LogP contribution in [0.2, 0.25) is 0 Å². The topological polar surface area (TPSA) is 84.9 Å². The summed E-state index contributed by atoms with van der Waals surface area (Å²) in [5.74, 6) is 0.0752. The molecule has 2 rings (SSSR count). The Labute approximate surface area is 129 Å². The van der Waals surface area contributed by atoms with Crippen LogP contribution in [0.3, 0.4) is 0 Å². The van der Waals surface area contributed by atoms with Crippen LogP contribution in [0, 0.1) is 5.41 Å². The van der Waals surface area contributed by atoms with Gasteiger partial charge in [-0.05, 0) is 38.5 Å². The largest absolute Gasteiger partial charge is 0.490 e. The number of hydrogen-bond acceptors (Lipinski definition) is 4. The lowest BCUT2D eigenvalue weighted by atomic mass is 9.90. The number of carboxylic acids is 1. The summed E-state index contributed by atoms with van der Waals surface area (Å²) in [4.78, 5) is 23.1. The molecule has 0 aliphatic carbocycles. The molecule has 6 heteroatoms. The third-order valence-corrected chi connectivity index (χ3v) is 3.62. The van der Waals surface area contributed by atoms with Crippen LogP contribution >= 0.6 is 0 Å². The summed E-state index contributed by atoms with van der Waals surface area (Å²) in [6, 6.07) is 5.04. The smallest absolute Gasteiger partial charge is 0.309 e. The minimum atomic E-state index is -0.877. The highest BCUT2D eigenvalue weighted by Gasteiger charge is 2.26. The molecule has 22 heavy (non-hydrogen) atoms. The standard InChI is InChI=1S/C16H21NO5/c1-16(2,15(19)20)6-7-17-14(18)11-4-5-12-13(10-11)22-9-3-8-21-12/h4-5,10H,3,6-9H2,1-2H3,(H,17,18)(H,19,20). The van der Waals surface area contributed by atoms with Gasteiger partial charge in [-0.3, -0.25) is 9.59 Å². The van der Waals surface area contributed by atoms with E-state index < -0.39 is 11.4 Å². The molecule has 0 saturated heterocycles. The van der Waals surface area contributed by atoms with Crippen LogP contribution in [0.25, 0.3) is 0 Å². The fourth-order valence-electron chi connectivity index (χ4n) is 2.00. The predicted molar refractivity (Wildman–Crippen MR) is 80.4 cm³/mol. The average Bonchev–Trinajstić information content (AvgIpc) is 2.71. The lowest BCUT2D eigenvalue weighted by molar-refractivity contribution is -0.147. The summed E-state index contributed by atoms with van der Waals surface area (Å²) in [5, 5.41) is 11.8. The summed E-state index contributed by atoms with van der Waals surface area (Å²) in [6.45, 7) is 4.73. The van der Waals surface area contributed by atoms with Gasteiger partial charge in [0.25, 0.3) is 5.91 Å². The van der Waals surface area contributed by atoms with Crippen LogP contribution < -0.4 is 14.8 Å². The maximum atomic E-state index is 12.1. The Morgan fingerprint density at radius 1 is 1.23 bits per heavy atom. The number of amides is 1. The van der Waals surface area contributed by atoms with E-state index in [-0.39, 0.29) is 5.91 Å². The van der Waals surface area contributed by atoms with Gasteiger partial charge in [0.05, 0.1) is 18.6 Å². The van der Waals surface area contributed by atoms with Gasteiger partial charge in [0.1, 0.15) is 0 Å². The van der Waals surface area contributed by atoms with E-state index in [1.54, 1.807) is 32.0 Å². The number of carbonyl (C=O) groups is 2. The van der Waals surface area contributed by atoms with E-state index in [0.29, 0.717) is 43.2 Å². The fraction of sp³-hybridized carbons (Fsp3) is 0.500. The molecule has 1 aliphatic rings. The molecule has 0 bridgehead atoms. The molecule has 0 spiro atoms. The van der Waals surface area contributed by atoms with Crippen molar-refractivity contribution >= 4 is 11.9 Å². The Bertz CT molecular complexity index is 568. The van der Waals surface area contributed by atoms with Gasteiger partial charge >= 0.3 is 5.97 Å². The molecule has 1 heterocycles. The minimum absolute atomic E-state index is 0.253. The molecule has 2 N–H and O–H groups in total. The summed E-state index contributed by atoms with van der Waals surface area (Å²) >= 11 is 0. The van der Waals surface area contributed by atoms with E-state index in [1.165, 1.54) is 0 Å². The van der Waals surface area contributed by atoms with Gasteiger partial charge in [0.15, 0.2) is 11.5 Å². The first-order valence-electron chi connectivity index (χ1n) is 7.31. The van der Waals surface area contributed by atoms with Crippen molar-refractivity contribution in [2.75, 3.05) is 19.8 Å². The van der Waals surface area contributed by atoms with Crippen molar-refractivity contribution in [2.24, 2.45) is 5.41 Å². The molecule has 0 aromatic heterocycles. The van der Waals surface area contributed by atoms with Crippen molar-refractivity contribution in [1.29, 1.82) is 0 Å². The van der Waals surface area contributed by atoms with Crippen LogP contribution in [0.5, 0.6) is 11.5 Å². The van der Waals surface area contributed by atoms with Gasteiger partial charge in [0, 0.05) is 18.5 Å². The van der Waals surface area contributed by atoms with Crippen molar-refractivity contribution in [3.05, 3.63) is 23.8 Å². The summed E-state index contributed by atoms with van der Waals surface area (Å²) in [7, 11) is 0. The second kappa shape index (κ2) is 6.68. The second-order valence-electron chi connectivity index (χ2n) is 5.91. The fourth-order valence-corrected chi connectivity index (χ4v) is 2.00. The first-order chi connectivity index (χ1) is 10.4. The van der Waals surface area contributed by atoms with E-state index in [2.05, 4.69) is 5.32 Å². The van der Waals surface area contributed by atoms with E-state index in [9.17, 15) is 9.59 Å². The molecule has 1 aromatic carbocycles. The molecule has 0 radical (unpaired) electrons. The zero-order valence-electron chi connectivity index (χ0n) is 12.8. The second-order valence-corrected chi connectivity index (χ2v) is 5.91. The van der Waals surface area contributed by atoms with Gasteiger partial charge in [-0.2, -0.15) is 0 Å². The Hall–Kier alpha value is -2.24. The van der Waals surface area contributed by atoms with Gasteiger partial charge in [-0.15, -0.1) is 0 Å². The molecule has 6 nitrogen and oxygen atoms in total. The number of rotatable bonds is 5. The zero-order valence-corrected chi connectivity index (χ0v) is 12.8. The van der Waals surface area contributed by atoms with Gasteiger partial charge in [-0.25, -0.2) is 0 Å². The average molecular weight is 307 g/mol. The number of hydrogen-bond donors (Lipinski definition) is 2. The molecule has 0 unspecified atom stereocenters. The highest BCUT2D eigenvalue weighted by molar-refractivity contribution is 5.94. The van der Waals surface area contributed by atoms with E-state index in [1.807, 2.05) is 0 Å². The quantitative estimate of drug-likeness (QED) is 0.870. The van der Waals surface area contributed by atoms with Crippen molar-refractivity contribution in [2.45, 2.75) is 26.7 Å². The summed E-state index contributed by atoms with van der Waals surface area (Å²) in [6.07, 6.45) is 1.17. The molecule has 120 valence electrons. The number of ether oxygens (including phenoxy) is 2. The highest BCUT2D eigenvalue weighted by atomic mass is 16.5. The zero-order chi connectivity index (χ0) is 16.2. The monoisotopic (exact) mass is 307 g/mol. The highest BCUT2D eigenvalue weighted by Crippen LogP contribution is 2.30. The number of aliphatic carboxylic acids is 1. The van der Waals surface area contributed by atoms with Crippen LogP contribution in [-0.4, -0.2) is 36.7 Å². The third-order valence-electron chi connectivity index (χ3n) is 3.62. The maximum absolute atomic E-state index is 12.1. The molecule has 1 aliphatic heterocycles. The lowest BCUT2D eigenvalue weighted by Crippen LogP contribution is -2.31. The van der Waals surface area contributed by atoms with Crippen LogP contribution in [-0.2, 0) is 4.79 Å². The minimum Gasteiger partial charge on any atom is -0.490 e. The van der Waals surface area contributed by atoms with E-state index in [0.717, 1.165) is 6.42 Å². The van der Waals surface area contributed by atoms with Crippen molar-refractivity contribution in [3.63, 3.8) is 0 Å². The molecular weight excluding hydrogens is 286 g/mol. The Morgan fingerprint density at radius 2 is 1.91 bits per heavy atom. The number of fused-ring (bicyclic) bond motifs is 1. The normalized spacial score (nSPS) is 14.1. The Balaban J connectivity index is 1.96. The molecular formula is C16H21NO5. The molecule has 1 amide bonds. The van der Waals surface area contributed by atoms with Gasteiger partial charge in [-0.1, -0.05) is 0 Å². The van der Waals surface area contributed by atoms with Crippen molar-refractivity contribution in [1.82, 2.24) is 5.32 Å². The van der Waals surface area contributed by atoms with Crippen LogP contribution in [0.15, 0.2) is 18.2 Å². The first-order valence-corrected chi connectivity index (χ1v) is 7.31. The lowest BCUT2D eigenvalue weighted by Gasteiger charge is -2.19. The number of carbonyl (C=O) groups excluding carboxylic acids is 1. The third kappa shape index (κ3) is 3.90. The van der Waals surface area contributed by atoms with Crippen LogP contribution in [0.4, 0.5) is 0 Å². The van der Waals surface area contributed by atoms with Crippen LogP contribution in [0.1, 0.15) is 37.0 Å². The van der Waals surface area contributed by atoms with E-state index >= 15 is 0 Å². The maximum Gasteiger partial charge on any atom is 0.309 e. The summed E-state index contributed by atoms with van der Waals surface area (Å²) < 4.78 is 11.1. The van der Waals surface area contributed by atoms with Crippen molar-refractivity contribution < 1.29 is 24.2 Å². The van der Waals surface area contributed by atoms with E-state index in [4.69, 9.17) is 14.6 Å². The Morgan fingerprint density at radius 3 is 2.59 bits per heavy atom. The number of carboxylic acid groups (broad SMARTS) is 1. The SMILES string of the molecule is CC(C)(CCNC(=O)c1ccc2c(c1)OCCCO2)C(=O)O. The molecule has 0 saturated carbocycles. The predicted octanol–water partition coefficient (Wildman–Crippen LogP) is 2.08. The molecule has 0 atom stereocenters. The van der Waals surface area contributed by atoms with Crippen molar-refractivity contribution in [3.8, 4) is 11.5 Å². The molecule has 0 fully saturated rings. The van der Waals surface area contributed by atoms with Gasteiger partial charge in [0.2, 0.25) is 0 Å². The first kappa shape index (κ1) is 16.1. The number of nitrogens with one attached hydrogen (secondary N) is 1.